The molecule has 4 heteroatoms. The highest BCUT2D eigenvalue weighted by atomic mass is 79.9. The maximum atomic E-state index is 11.3. The largest absolute Gasteiger partial charge is 0.454 e. The monoisotopic (exact) mass is 257 g/mol. The van der Waals surface area contributed by atoms with Gasteiger partial charge in [-0.25, -0.2) is 0 Å². The summed E-state index contributed by atoms with van der Waals surface area (Å²) in [5.74, 6) is 1.45. The molecule has 1 aromatic heterocycles. The Morgan fingerprint density at radius 3 is 3.00 bits per heavy atom. The van der Waals surface area contributed by atoms with Crippen molar-refractivity contribution in [3.05, 3.63) is 22.6 Å². The Labute approximate surface area is 91.0 Å². The highest BCUT2D eigenvalue weighted by molar-refractivity contribution is 9.10. The van der Waals surface area contributed by atoms with Crippen LogP contribution in [0.15, 0.2) is 21.2 Å². The van der Waals surface area contributed by atoms with Gasteiger partial charge in [0, 0.05) is 18.9 Å². The van der Waals surface area contributed by atoms with E-state index in [4.69, 9.17) is 4.42 Å². The Morgan fingerprint density at radius 2 is 2.43 bits per heavy atom. The van der Waals surface area contributed by atoms with Gasteiger partial charge in [-0.1, -0.05) is 0 Å². The molecular weight excluding hydrogens is 246 g/mol. The average Bonchev–Trinajstić information content (AvgIpc) is 2.72. The number of carbonyl (C=O) groups is 1. The lowest BCUT2D eigenvalue weighted by atomic mass is 10.0. The van der Waals surface area contributed by atoms with E-state index >= 15 is 0 Å². The van der Waals surface area contributed by atoms with Gasteiger partial charge in [0.1, 0.15) is 5.76 Å². The molecule has 76 valence electrons. The van der Waals surface area contributed by atoms with Crippen molar-refractivity contribution in [3.8, 4) is 0 Å². The standard InChI is InChI=1S/C10H12BrNO2/c11-10-4-3-8(14-10)2-1-7-5-12-6-9(7)13/h3-4,7,12H,1-2,5-6H2. The molecule has 1 saturated heterocycles. The average molecular weight is 258 g/mol. The summed E-state index contributed by atoms with van der Waals surface area (Å²) in [6.07, 6.45) is 1.72. The summed E-state index contributed by atoms with van der Waals surface area (Å²) >= 11 is 3.25. The van der Waals surface area contributed by atoms with Gasteiger partial charge in [-0.2, -0.15) is 0 Å². The van der Waals surface area contributed by atoms with E-state index in [0.29, 0.717) is 12.3 Å². The first kappa shape index (κ1) is 9.93. The van der Waals surface area contributed by atoms with Crippen molar-refractivity contribution >= 4 is 21.7 Å². The Bertz CT molecular complexity index is 335. The predicted molar refractivity (Wildman–Crippen MR) is 56.1 cm³/mol. The van der Waals surface area contributed by atoms with Gasteiger partial charge in [-0.3, -0.25) is 4.79 Å². The van der Waals surface area contributed by atoms with Crippen LogP contribution in [0.5, 0.6) is 0 Å². The highest BCUT2D eigenvalue weighted by Crippen LogP contribution is 2.18. The summed E-state index contributed by atoms with van der Waals surface area (Å²) in [5.41, 5.74) is 0. The molecule has 1 unspecified atom stereocenters. The van der Waals surface area contributed by atoms with Crippen LogP contribution in [0.25, 0.3) is 0 Å². The molecule has 2 heterocycles. The molecule has 0 amide bonds. The van der Waals surface area contributed by atoms with Crippen LogP contribution >= 0.6 is 15.9 Å². The highest BCUT2D eigenvalue weighted by Gasteiger charge is 2.23. The number of hydrogen-bond donors (Lipinski definition) is 1. The molecule has 0 aromatic carbocycles. The third kappa shape index (κ3) is 2.25. The van der Waals surface area contributed by atoms with Crippen LogP contribution in [-0.4, -0.2) is 18.9 Å². The topological polar surface area (TPSA) is 42.2 Å². The van der Waals surface area contributed by atoms with E-state index in [0.717, 1.165) is 29.8 Å². The maximum absolute atomic E-state index is 11.3. The van der Waals surface area contributed by atoms with Crippen molar-refractivity contribution in [1.29, 1.82) is 0 Å². The van der Waals surface area contributed by atoms with Gasteiger partial charge in [-0.05, 0) is 34.5 Å². The van der Waals surface area contributed by atoms with E-state index in [-0.39, 0.29) is 5.92 Å². The number of halogens is 1. The van der Waals surface area contributed by atoms with Crippen LogP contribution in [0.4, 0.5) is 0 Å². The lowest BCUT2D eigenvalue weighted by molar-refractivity contribution is -0.119. The zero-order valence-corrected chi connectivity index (χ0v) is 9.34. The van der Waals surface area contributed by atoms with Crippen molar-refractivity contribution in [2.75, 3.05) is 13.1 Å². The second-order valence-corrected chi connectivity index (χ2v) is 4.32. The molecule has 0 radical (unpaired) electrons. The molecule has 1 aromatic rings. The maximum Gasteiger partial charge on any atom is 0.169 e. The summed E-state index contributed by atoms with van der Waals surface area (Å²) in [5, 5.41) is 3.07. The van der Waals surface area contributed by atoms with Crippen molar-refractivity contribution < 1.29 is 9.21 Å². The SMILES string of the molecule is O=C1CNCC1CCc1ccc(Br)o1. The molecule has 2 rings (SSSR count). The number of Topliss-reactive ketones (excluding diaryl/α,β-unsaturated/α-hetero) is 1. The molecule has 0 saturated carbocycles. The Hall–Kier alpha value is -0.610. The Balaban J connectivity index is 1.85. The smallest absolute Gasteiger partial charge is 0.169 e. The quantitative estimate of drug-likeness (QED) is 0.898. The molecule has 0 aliphatic carbocycles. The van der Waals surface area contributed by atoms with Crippen molar-refractivity contribution in [2.45, 2.75) is 12.8 Å². The van der Waals surface area contributed by atoms with Crippen LogP contribution in [-0.2, 0) is 11.2 Å². The second-order valence-electron chi connectivity index (χ2n) is 3.54. The number of aryl methyl sites for hydroxylation is 1. The first-order chi connectivity index (χ1) is 6.75. The Morgan fingerprint density at radius 1 is 1.57 bits per heavy atom. The van der Waals surface area contributed by atoms with Crippen LogP contribution < -0.4 is 5.32 Å². The van der Waals surface area contributed by atoms with Crippen molar-refractivity contribution in [2.24, 2.45) is 5.92 Å². The number of nitrogens with one attached hydrogen (secondary N) is 1. The van der Waals surface area contributed by atoms with Gasteiger partial charge in [0.25, 0.3) is 0 Å². The summed E-state index contributed by atoms with van der Waals surface area (Å²) in [6.45, 7) is 1.35. The fraction of sp³-hybridized carbons (Fsp3) is 0.500. The van der Waals surface area contributed by atoms with Crippen LogP contribution in [0.3, 0.4) is 0 Å². The van der Waals surface area contributed by atoms with E-state index in [9.17, 15) is 4.79 Å². The molecule has 1 aliphatic heterocycles. The minimum atomic E-state index is 0.180. The first-order valence-electron chi connectivity index (χ1n) is 4.73. The molecule has 1 fully saturated rings. The van der Waals surface area contributed by atoms with Gasteiger partial charge in [0.05, 0.1) is 6.54 Å². The van der Waals surface area contributed by atoms with E-state index in [1.165, 1.54) is 0 Å². The molecule has 1 aliphatic rings. The van der Waals surface area contributed by atoms with Gasteiger partial charge in [-0.15, -0.1) is 0 Å². The van der Waals surface area contributed by atoms with Crippen LogP contribution in [0.1, 0.15) is 12.2 Å². The number of hydrogen-bond acceptors (Lipinski definition) is 3. The molecule has 0 bridgehead atoms. The van der Waals surface area contributed by atoms with E-state index in [2.05, 4.69) is 21.2 Å². The predicted octanol–water partition coefficient (Wildman–Crippen LogP) is 1.76. The first-order valence-corrected chi connectivity index (χ1v) is 5.52. The molecule has 1 atom stereocenters. The number of ketones is 1. The zero-order valence-electron chi connectivity index (χ0n) is 7.75. The van der Waals surface area contributed by atoms with E-state index in [1.807, 2.05) is 12.1 Å². The fourth-order valence-electron chi connectivity index (χ4n) is 1.69. The third-order valence-corrected chi connectivity index (χ3v) is 2.94. The number of carbonyl (C=O) groups excluding carboxylic acids is 1. The zero-order chi connectivity index (χ0) is 9.97. The van der Waals surface area contributed by atoms with Crippen molar-refractivity contribution in [1.82, 2.24) is 5.32 Å². The number of rotatable bonds is 3. The summed E-state index contributed by atoms with van der Waals surface area (Å²) in [7, 11) is 0. The third-order valence-electron chi connectivity index (χ3n) is 2.51. The summed E-state index contributed by atoms with van der Waals surface area (Å²) < 4.78 is 6.12. The summed E-state index contributed by atoms with van der Waals surface area (Å²) in [4.78, 5) is 11.3. The minimum absolute atomic E-state index is 0.180. The van der Waals surface area contributed by atoms with Crippen molar-refractivity contribution in [3.63, 3.8) is 0 Å². The molecule has 0 spiro atoms. The molecule has 3 nitrogen and oxygen atoms in total. The lowest BCUT2D eigenvalue weighted by Crippen LogP contribution is -2.11. The van der Waals surface area contributed by atoms with Gasteiger partial charge >= 0.3 is 0 Å². The van der Waals surface area contributed by atoms with Gasteiger partial charge in [0.2, 0.25) is 0 Å². The van der Waals surface area contributed by atoms with Crippen LogP contribution in [0, 0.1) is 5.92 Å². The van der Waals surface area contributed by atoms with Gasteiger partial charge in [0.15, 0.2) is 10.5 Å². The lowest BCUT2D eigenvalue weighted by Gasteiger charge is -2.04. The van der Waals surface area contributed by atoms with E-state index < -0.39 is 0 Å². The molecular formula is C10H12BrNO2. The fourth-order valence-corrected chi connectivity index (χ4v) is 2.03. The molecule has 14 heavy (non-hydrogen) atoms. The second kappa shape index (κ2) is 4.28. The van der Waals surface area contributed by atoms with Gasteiger partial charge < -0.3 is 9.73 Å². The normalized spacial score (nSPS) is 21.8. The summed E-state index contributed by atoms with van der Waals surface area (Å²) in [6, 6.07) is 3.82. The van der Waals surface area contributed by atoms with Crippen LogP contribution in [0.2, 0.25) is 0 Å². The van der Waals surface area contributed by atoms with E-state index in [1.54, 1.807) is 0 Å². The molecule has 1 N–H and O–H groups in total. The minimum Gasteiger partial charge on any atom is -0.454 e. The Kier molecular flexibility index (Phi) is 3.03. The number of furan rings is 1.